The van der Waals surface area contributed by atoms with E-state index in [9.17, 15) is 31.2 Å². The van der Waals surface area contributed by atoms with Crippen LogP contribution in [0, 0.1) is 0 Å². The highest BCUT2D eigenvalue weighted by molar-refractivity contribution is 7.91. The van der Waals surface area contributed by atoms with Crippen molar-refractivity contribution in [3.05, 3.63) is 59.2 Å². The van der Waals surface area contributed by atoms with Crippen LogP contribution in [0.2, 0.25) is 0 Å². The van der Waals surface area contributed by atoms with E-state index in [0.717, 1.165) is 17.4 Å². The molecular formula is C23H21F3N6O5S. The molecule has 3 aromatic rings. The van der Waals surface area contributed by atoms with E-state index in [2.05, 4.69) is 25.7 Å². The smallest absolute Gasteiger partial charge is 0.422 e. The van der Waals surface area contributed by atoms with Crippen LogP contribution in [-0.4, -0.2) is 64.8 Å². The van der Waals surface area contributed by atoms with Gasteiger partial charge in [0.25, 0.3) is 5.91 Å². The molecule has 0 saturated heterocycles. The van der Waals surface area contributed by atoms with Crippen LogP contribution in [-0.2, 0) is 33.0 Å². The number of carbonyl (C=O) groups is 2. The highest BCUT2D eigenvalue weighted by Gasteiger charge is 2.47. The first kappa shape index (κ1) is 25.6. The molecule has 1 atom stereocenters. The molecule has 0 radical (unpaired) electrons. The maximum atomic E-state index is 13.4. The van der Waals surface area contributed by atoms with E-state index < -0.39 is 45.7 Å². The van der Waals surface area contributed by atoms with E-state index >= 15 is 0 Å². The van der Waals surface area contributed by atoms with Gasteiger partial charge < -0.3 is 15.4 Å². The topological polar surface area (TPSA) is 145 Å². The molecular weight excluding hydrogens is 529 g/mol. The number of fused-ring (bicyclic) bond motifs is 3. The minimum atomic E-state index is -4.47. The van der Waals surface area contributed by atoms with Crippen LogP contribution in [0.4, 0.5) is 19.0 Å². The summed E-state index contributed by atoms with van der Waals surface area (Å²) in [7, 11) is -3.65. The van der Waals surface area contributed by atoms with Crippen molar-refractivity contribution >= 4 is 27.5 Å². The van der Waals surface area contributed by atoms with E-state index in [4.69, 9.17) is 4.74 Å². The maximum Gasteiger partial charge on any atom is 0.422 e. The van der Waals surface area contributed by atoms with Crippen LogP contribution in [0.3, 0.4) is 0 Å². The van der Waals surface area contributed by atoms with Crippen LogP contribution in [0.25, 0.3) is 5.82 Å². The second kappa shape index (κ2) is 9.08. The van der Waals surface area contributed by atoms with Crippen LogP contribution in [0.1, 0.15) is 33.6 Å². The van der Waals surface area contributed by atoms with Gasteiger partial charge in [0.1, 0.15) is 17.1 Å². The van der Waals surface area contributed by atoms with Crippen LogP contribution >= 0.6 is 0 Å². The lowest BCUT2D eigenvalue weighted by Crippen LogP contribution is -2.49. The zero-order chi connectivity index (χ0) is 27.3. The number of carbonyl (C=O) groups excluding carboxylic acids is 2. The van der Waals surface area contributed by atoms with Crippen molar-refractivity contribution in [1.82, 2.24) is 25.1 Å². The molecule has 0 saturated carbocycles. The van der Waals surface area contributed by atoms with E-state index in [-0.39, 0.29) is 29.4 Å². The van der Waals surface area contributed by atoms with Crippen molar-refractivity contribution < 1.29 is 35.9 Å². The van der Waals surface area contributed by atoms with E-state index in [0.29, 0.717) is 18.5 Å². The molecule has 2 N–H and O–H groups in total. The number of ether oxygens (including phenoxy) is 1. The fraction of sp³-hybridized carbons (Fsp3) is 0.348. The molecule has 38 heavy (non-hydrogen) atoms. The fourth-order valence-electron chi connectivity index (χ4n) is 4.82. The van der Waals surface area contributed by atoms with Gasteiger partial charge in [-0.25, -0.2) is 13.4 Å². The summed E-state index contributed by atoms with van der Waals surface area (Å²) < 4.78 is 67.0. The third-order valence-corrected chi connectivity index (χ3v) is 7.03. The van der Waals surface area contributed by atoms with Gasteiger partial charge in [-0.1, -0.05) is 6.07 Å². The lowest BCUT2D eigenvalue weighted by molar-refractivity contribution is -0.153. The quantitative estimate of drug-likeness (QED) is 0.472. The van der Waals surface area contributed by atoms with Gasteiger partial charge in [-0.3, -0.25) is 14.6 Å². The number of anilines is 1. The van der Waals surface area contributed by atoms with Gasteiger partial charge in [-0.05, 0) is 36.1 Å². The van der Waals surface area contributed by atoms with Crippen LogP contribution < -0.4 is 15.4 Å². The van der Waals surface area contributed by atoms with Crippen molar-refractivity contribution in [2.45, 2.75) is 31.0 Å². The SMILES string of the molecule is CS(=O)(=O)CC(=O)Nc1c2c(nn1-c1cnccn1)C[C@@]1(CCc3cc(OCC(F)(F)F)ccc31)NC2=O. The number of alkyl halides is 3. The number of halogens is 3. The third-order valence-electron chi connectivity index (χ3n) is 6.24. The molecule has 1 aliphatic carbocycles. The average Bonchev–Trinajstić information content (AvgIpc) is 3.35. The molecule has 2 aromatic heterocycles. The number of aromatic nitrogens is 4. The summed E-state index contributed by atoms with van der Waals surface area (Å²) in [6, 6.07) is 4.59. The van der Waals surface area contributed by atoms with Crippen LogP contribution in [0.5, 0.6) is 5.75 Å². The zero-order valence-corrected chi connectivity index (χ0v) is 20.7. The van der Waals surface area contributed by atoms with E-state index in [1.807, 2.05) is 0 Å². The highest BCUT2D eigenvalue weighted by atomic mass is 32.2. The largest absolute Gasteiger partial charge is 0.484 e. The molecule has 11 nitrogen and oxygen atoms in total. The van der Waals surface area contributed by atoms with Gasteiger partial charge in [-0.2, -0.15) is 23.0 Å². The molecule has 0 fully saturated rings. The fourth-order valence-corrected chi connectivity index (χ4v) is 5.37. The number of hydrogen-bond donors (Lipinski definition) is 2. The number of nitrogens with one attached hydrogen (secondary N) is 2. The molecule has 1 aromatic carbocycles. The van der Waals surface area contributed by atoms with Crippen molar-refractivity contribution in [3.63, 3.8) is 0 Å². The summed E-state index contributed by atoms with van der Waals surface area (Å²) in [5, 5.41) is 10.00. The van der Waals surface area contributed by atoms with Crippen molar-refractivity contribution in [2.75, 3.05) is 23.9 Å². The zero-order valence-electron chi connectivity index (χ0n) is 19.9. The second-order valence-electron chi connectivity index (χ2n) is 9.20. The Balaban J connectivity index is 1.51. The number of nitrogens with zero attached hydrogens (tertiary/aromatic N) is 4. The number of amides is 2. The minimum absolute atomic E-state index is 0.0457. The Morgan fingerprint density at radius 1 is 1.29 bits per heavy atom. The van der Waals surface area contributed by atoms with Gasteiger partial charge in [-0.15, -0.1) is 0 Å². The van der Waals surface area contributed by atoms with Gasteiger partial charge >= 0.3 is 6.18 Å². The molecule has 5 rings (SSSR count). The summed E-state index contributed by atoms with van der Waals surface area (Å²) in [5.74, 6) is -1.99. The molecule has 2 amide bonds. The molecule has 1 aliphatic heterocycles. The highest BCUT2D eigenvalue weighted by Crippen LogP contribution is 2.44. The summed E-state index contributed by atoms with van der Waals surface area (Å²) >= 11 is 0. The van der Waals surface area contributed by atoms with Gasteiger partial charge in [0.05, 0.1) is 17.4 Å². The third kappa shape index (κ3) is 5.05. The standard InChI is InChI=1S/C23H21F3N6O5S/c1-38(35,36)11-18(33)29-20-19-16(31-32(20)17-10-27-6-7-28-17)9-22(30-21(19)34)5-4-13-8-14(2-3-15(13)22)37-12-23(24,25)26/h2-3,6-8,10H,4-5,9,11-12H2,1H3,(H,29,33)(H,30,34)/t22-/m1/s1. The maximum absolute atomic E-state index is 13.4. The number of hydrogen-bond acceptors (Lipinski definition) is 8. The lowest BCUT2D eigenvalue weighted by Gasteiger charge is -2.35. The normalized spacial score (nSPS) is 18.6. The van der Waals surface area contributed by atoms with Gasteiger partial charge in [0.2, 0.25) is 5.91 Å². The summed E-state index contributed by atoms with van der Waals surface area (Å²) in [5.41, 5.74) is 0.981. The first-order valence-electron chi connectivity index (χ1n) is 11.3. The molecule has 3 heterocycles. The minimum Gasteiger partial charge on any atom is -0.484 e. The number of rotatable bonds is 6. The van der Waals surface area contributed by atoms with Gasteiger partial charge in [0.15, 0.2) is 28.1 Å². The Morgan fingerprint density at radius 2 is 2.08 bits per heavy atom. The first-order valence-corrected chi connectivity index (χ1v) is 13.4. The number of aryl methyl sites for hydroxylation is 1. The Bertz CT molecular complexity index is 1540. The molecule has 15 heteroatoms. The second-order valence-corrected chi connectivity index (χ2v) is 11.3. The predicted octanol–water partition coefficient (Wildman–Crippen LogP) is 1.71. The summed E-state index contributed by atoms with van der Waals surface area (Å²) in [6.07, 6.45) is 1.79. The number of sulfone groups is 1. The Hall–Kier alpha value is -4.01. The molecule has 0 unspecified atom stereocenters. The molecule has 2 aliphatic rings. The summed E-state index contributed by atoms with van der Waals surface area (Å²) in [4.78, 5) is 34.1. The summed E-state index contributed by atoms with van der Waals surface area (Å²) in [6.45, 7) is -1.41. The Kier molecular flexibility index (Phi) is 6.12. The van der Waals surface area contributed by atoms with Crippen molar-refractivity contribution in [2.24, 2.45) is 0 Å². The average molecular weight is 551 g/mol. The molecule has 200 valence electrons. The van der Waals surface area contributed by atoms with Gasteiger partial charge in [0, 0.05) is 25.1 Å². The lowest BCUT2D eigenvalue weighted by atomic mass is 9.82. The van der Waals surface area contributed by atoms with Crippen molar-refractivity contribution in [3.8, 4) is 11.6 Å². The van der Waals surface area contributed by atoms with E-state index in [1.54, 1.807) is 6.07 Å². The monoisotopic (exact) mass is 550 g/mol. The first-order chi connectivity index (χ1) is 17.8. The van der Waals surface area contributed by atoms with Crippen LogP contribution in [0.15, 0.2) is 36.8 Å². The van der Waals surface area contributed by atoms with Crippen molar-refractivity contribution in [1.29, 1.82) is 0 Å². The number of benzene rings is 1. The molecule has 0 bridgehead atoms. The predicted molar refractivity (Wildman–Crippen MR) is 127 cm³/mol. The van der Waals surface area contributed by atoms with E-state index in [1.165, 1.54) is 35.4 Å². The Morgan fingerprint density at radius 3 is 2.76 bits per heavy atom. The molecule has 1 spiro atoms. The Labute approximate surface area is 214 Å².